The third-order valence-corrected chi connectivity index (χ3v) is 4.11. The van der Waals surface area contributed by atoms with Crippen LogP contribution in [0.4, 0.5) is 5.82 Å². The van der Waals surface area contributed by atoms with E-state index >= 15 is 0 Å². The summed E-state index contributed by atoms with van der Waals surface area (Å²) < 4.78 is 0. The van der Waals surface area contributed by atoms with Crippen LogP contribution >= 0.6 is 0 Å². The molecule has 0 amide bonds. The van der Waals surface area contributed by atoms with Gasteiger partial charge in [-0.2, -0.15) is 0 Å². The first-order valence-electron chi connectivity index (χ1n) is 7.24. The Kier molecular flexibility index (Phi) is 4.57. The number of carboxylic acids is 1. The lowest BCUT2D eigenvalue weighted by atomic mass is 9.84. The monoisotopic (exact) mass is 277 g/mol. The van der Waals surface area contributed by atoms with Gasteiger partial charge in [0, 0.05) is 25.7 Å². The third-order valence-electron chi connectivity index (χ3n) is 4.11. The van der Waals surface area contributed by atoms with Crippen molar-refractivity contribution in [3.05, 3.63) is 17.6 Å². The first kappa shape index (κ1) is 14.8. The summed E-state index contributed by atoms with van der Waals surface area (Å²) in [5, 5.41) is 8.94. The highest BCUT2D eigenvalue weighted by Crippen LogP contribution is 2.29. The SMILES string of the molecule is Cc1cnc(C)c(N2CCCC(C(C)CC(=O)O)C2)n1. The van der Waals surface area contributed by atoms with Crippen molar-refractivity contribution in [2.75, 3.05) is 18.0 Å². The molecule has 1 aromatic heterocycles. The predicted octanol–water partition coefficient (Wildman–Crippen LogP) is 2.42. The Bertz CT molecular complexity index is 490. The fraction of sp³-hybridized carbons (Fsp3) is 0.667. The Labute approximate surface area is 120 Å². The molecule has 1 aromatic rings. The molecule has 5 heteroatoms. The molecule has 2 rings (SSSR count). The van der Waals surface area contributed by atoms with Crippen molar-refractivity contribution in [3.63, 3.8) is 0 Å². The Hall–Kier alpha value is -1.65. The van der Waals surface area contributed by atoms with E-state index in [9.17, 15) is 4.79 Å². The zero-order valence-corrected chi connectivity index (χ0v) is 12.5. The molecule has 2 heterocycles. The van der Waals surface area contributed by atoms with Crippen LogP contribution in [0.3, 0.4) is 0 Å². The first-order valence-corrected chi connectivity index (χ1v) is 7.24. The molecule has 110 valence electrons. The molecular weight excluding hydrogens is 254 g/mol. The second-order valence-electron chi connectivity index (χ2n) is 5.84. The zero-order valence-electron chi connectivity index (χ0n) is 12.5. The second kappa shape index (κ2) is 6.20. The average molecular weight is 277 g/mol. The summed E-state index contributed by atoms with van der Waals surface area (Å²) in [4.78, 5) is 22.1. The summed E-state index contributed by atoms with van der Waals surface area (Å²) in [6.07, 6.45) is 4.22. The number of aliphatic carboxylic acids is 1. The van der Waals surface area contributed by atoms with Gasteiger partial charge in [-0.25, -0.2) is 4.98 Å². The minimum absolute atomic E-state index is 0.202. The van der Waals surface area contributed by atoms with E-state index in [1.807, 2.05) is 20.8 Å². The fourth-order valence-corrected chi connectivity index (χ4v) is 2.93. The molecule has 1 aliphatic rings. The zero-order chi connectivity index (χ0) is 14.7. The van der Waals surface area contributed by atoms with Crippen molar-refractivity contribution in [3.8, 4) is 0 Å². The van der Waals surface area contributed by atoms with Crippen molar-refractivity contribution < 1.29 is 9.90 Å². The van der Waals surface area contributed by atoms with Crippen LogP contribution in [0, 0.1) is 25.7 Å². The number of hydrogen-bond donors (Lipinski definition) is 1. The van der Waals surface area contributed by atoms with Crippen LogP contribution < -0.4 is 4.90 Å². The van der Waals surface area contributed by atoms with Gasteiger partial charge in [0.1, 0.15) is 5.82 Å². The molecular formula is C15H23N3O2. The van der Waals surface area contributed by atoms with Gasteiger partial charge >= 0.3 is 5.97 Å². The molecule has 0 saturated carbocycles. The highest BCUT2D eigenvalue weighted by atomic mass is 16.4. The van der Waals surface area contributed by atoms with Crippen molar-refractivity contribution in [2.24, 2.45) is 11.8 Å². The number of carbonyl (C=O) groups is 1. The molecule has 0 radical (unpaired) electrons. The summed E-state index contributed by atoms with van der Waals surface area (Å²) >= 11 is 0. The topological polar surface area (TPSA) is 66.3 Å². The number of piperidine rings is 1. The van der Waals surface area contributed by atoms with Crippen molar-refractivity contribution in [1.29, 1.82) is 0 Å². The van der Waals surface area contributed by atoms with E-state index in [0.717, 1.165) is 43.1 Å². The molecule has 2 unspecified atom stereocenters. The molecule has 0 bridgehead atoms. The Balaban J connectivity index is 2.10. The minimum atomic E-state index is -0.707. The molecule has 0 aliphatic carbocycles. The van der Waals surface area contributed by atoms with Gasteiger partial charge in [-0.1, -0.05) is 6.92 Å². The lowest BCUT2D eigenvalue weighted by molar-refractivity contribution is -0.138. The molecule has 1 aliphatic heterocycles. The highest BCUT2D eigenvalue weighted by Gasteiger charge is 2.27. The Morgan fingerprint density at radius 1 is 1.55 bits per heavy atom. The van der Waals surface area contributed by atoms with Gasteiger partial charge in [0.2, 0.25) is 0 Å². The van der Waals surface area contributed by atoms with Crippen LogP contribution in [0.1, 0.15) is 37.6 Å². The van der Waals surface area contributed by atoms with E-state index in [4.69, 9.17) is 5.11 Å². The van der Waals surface area contributed by atoms with Crippen LogP contribution in [0.2, 0.25) is 0 Å². The van der Waals surface area contributed by atoms with Gasteiger partial charge in [0.25, 0.3) is 0 Å². The molecule has 1 saturated heterocycles. The summed E-state index contributed by atoms with van der Waals surface area (Å²) in [6, 6.07) is 0. The Morgan fingerprint density at radius 2 is 2.30 bits per heavy atom. The lowest BCUT2D eigenvalue weighted by Gasteiger charge is -2.36. The molecule has 0 spiro atoms. The summed E-state index contributed by atoms with van der Waals surface area (Å²) in [5.41, 5.74) is 1.87. The summed E-state index contributed by atoms with van der Waals surface area (Å²) in [5.74, 6) is 0.869. The van der Waals surface area contributed by atoms with Crippen molar-refractivity contribution >= 4 is 11.8 Å². The van der Waals surface area contributed by atoms with E-state index in [1.54, 1.807) is 6.20 Å². The smallest absolute Gasteiger partial charge is 0.303 e. The minimum Gasteiger partial charge on any atom is -0.481 e. The number of aryl methyl sites for hydroxylation is 2. The van der Waals surface area contributed by atoms with Crippen molar-refractivity contribution in [1.82, 2.24) is 9.97 Å². The van der Waals surface area contributed by atoms with Gasteiger partial charge in [-0.05, 0) is 38.5 Å². The second-order valence-corrected chi connectivity index (χ2v) is 5.84. The molecule has 5 nitrogen and oxygen atoms in total. The Morgan fingerprint density at radius 3 is 3.00 bits per heavy atom. The van der Waals surface area contributed by atoms with E-state index in [2.05, 4.69) is 14.9 Å². The standard InChI is InChI=1S/C15H23N3O2/c1-10(7-14(19)20)13-5-4-6-18(9-13)15-12(3)16-8-11(2)17-15/h8,10,13H,4-7,9H2,1-3H3,(H,19,20). The lowest BCUT2D eigenvalue weighted by Crippen LogP contribution is -2.39. The average Bonchev–Trinajstić information content (AvgIpc) is 2.41. The maximum atomic E-state index is 10.9. The van der Waals surface area contributed by atoms with Crippen LogP contribution in [-0.4, -0.2) is 34.1 Å². The third kappa shape index (κ3) is 3.46. The van der Waals surface area contributed by atoms with E-state index in [1.165, 1.54) is 0 Å². The van der Waals surface area contributed by atoms with Crippen LogP contribution in [0.25, 0.3) is 0 Å². The van der Waals surface area contributed by atoms with E-state index < -0.39 is 5.97 Å². The molecule has 1 fully saturated rings. The van der Waals surface area contributed by atoms with Gasteiger partial charge in [0.15, 0.2) is 0 Å². The number of carboxylic acid groups (broad SMARTS) is 1. The number of nitrogens with zero attached hydrogens (tertiary/aromatic N) is 3. The maximum Gasteiger partial charge on any atom is 0.303 e. The fourth-order valence-electron chi connectivity index (χ4n) is 2.93. The largest absolute Gasteiger partial charge is 0.481 e. The molecule has 2 atom stereocenters. The van der Waals surface area contributed by atoms with E-state index in [-0.39, 0.29) is 12.3 Å². The molecule has 1 N–H and O–H groups in total. The van der Waals surface area contributed by atoms with Gasteiger partial charge in [-0.3, -0.25) is 9.78 Å². The van der Waals surface area contributed by atoms with Gasteiger partial charge < -0.3 is 10.0 Å². The number of aromatic nitrogens is 2. The van der Waals surface area contributed by atoms with E-state index in [0.29, 0.717) is 5.92 Å². The van der Waals surface area contributed by atoms with Crippen LogP contribution in [-0.2, 0) is 4.79 Å². The highest BCUT2D eigenvalue weighted by molar-refractivity contribution is 5.67. The summed E-state index contributed by atoms with van der Waals surface area (Å²) in [7, 11) is 0. The molecule has 0 aromatic carbocycles. The predicted molar refractivity (Wildman–Crippen MR) is 77.9 cm³/mol. The normalized spacial score (nSPS) is 20.8. The van der Waals surface area contributed by atoms with Crippen LogP contribution in [0.15, 0.2) is 6.20 Å². The van der Waals surface area contributed by atoms with Crippen molar-refractivity contribution in [2.45, 2.75) is 40.0 Å². The van der Waals surface area contributed by atoms with Gasteiger partial charge in [-0.15, -0.1) is 0 Å². The van der Waals surface area contributed by atoms with Crippen LogP contribution in [0.5, 0.6) is 0 Å². The number of rotatable bonds is 4. The van der Waals surface area contributed by atoms with Gasteiger partial charge in [0.05, 0.1) is 11.4 Å². The number of anilines is 1. The maximum absolute atomic E-state index is 10.9. The summed E-state index contributed by atoms with van der Waals surface area (Å²) in [6.45, 7) is 7.83. The first-order chi connectivity index (χ1) is 9.47. The quantitative estimate of drug-likeness (QED) is 0.915. The molecule has 20 heavy (non-hydrogen) atoms. The number of hydrogen-bond acceptors (Lipinski definition) is 4.